The molecule has 0 spiro atoms. The average Bonchev–Trinajstić information content (AvgIpc) is 2.68. The summed E-state index contributed by atoms with van der Waals surface area (Å²) in [5, 5.41) is 0. The minimum absolute atomic E-state index is 0.0168. The first-order chi connectivity index (χ1) is 12.5. The molecule has 1 fully saturated rings. The highest BCUT2D eigenvalue weighted by Gasteiger charge is 2.32. The predicted octanol–water partition coefficient (Wildman–Crippen LogP) is 3.76. The van der Waals surface area contributed by atoms with Crippen molar-refractivity contribution in [2.75, 3.05) is 18.8 Å². The number of ketones is 1. The van der Waals surface area contributed by atoms with Crippen molar-refractivity contribution < 1.29 is 13.2 Å². The maximum Gasteiger partial charge on any atom is 0.217 e. The van der Waals surface area contributed by atoms with E-state index in [0.29, 0.717) is 18.5 Å². The van der Waals surface area contributed by atoms with Crippen molar-refractivity contribution in [2.45, 2.75) is 12.8 Å². The van der Waals surface area contributed by atoms with E-state index in [-0.39, 0.29) is 24.0 Å². The van der Waals surface area contributed by atoms with Gasteiger partial charge in [0.2, 0.25) is 10.0 Å². The SMILES string of the molecule is C=CCS(=O)(=O)N1CCC[C@@H](C(=O)c2ccc(-c3ccccc3)cc2)C1. The van der Waals surface area contributed by atoms with Crippen molar-refractivity contribution in [3.05, 3.63) is 72.8 Å². The highest BCUT2D eigenvalue weighted by molar-refractivity contribution is 7.89. The number of hydrogen-bond acceptors (Lipinski definition) is 3. The average molecular weight is 369 g/mol. The summed E-state index contributed by atoms with van der Waals surface area (Å²) in [6, 6.07) is 17.5. The molecule has 4 nitrogen and oxygen atoms in total. The van der Waals surface area contributed by atoms with Gasteiger partial charge in [-0.1, -0.05) is 60.7 Å². The highest BCUT2D eigenvalue weighted by Crippen LogP contribution is 2.25. The van der Waals surface area contributed by atoms with Crippen LogP contribution in [-0.4, -0.2) is 37.3 Å². The number of piperidine rings is 1. The van der Waals surface area contributed by atoms with Crippen LogP contribution in [0.2, 0.25) is 0 Å². The number of carbonyl (C=O) groups excluding carboxylic acids is 1. The number of carbonyl (C=O) groups is 1. The maximum atomic E-state index is 12.8. The number of benzene rings is 2. The minimum Gasteiger partial charge on any atom is -0.294 e. The molecule has 0 bridgehead atoms. The maximum absolute atomic E-state index is 12.8. The van der Waals surface area contributed by atoms with Crippen molar-refractivity contribution in [3.63, 3.8) is 0 Å². The lowest BCUT2D eigenvalue weighted by Crippen LogP contribution is -2.43. The van der Waals surface area contributed by atoms with Crippen LogP contribution in [0.25, 0.3) is 11.1 Å². The molecular weight excluding hydrogens is 346 g/mol. The van der Waals surface area contributed by atoms with Gasteiger partial charge in [0.25, 0.3) is 0 Å². The number of rotatable bonds is 6. The van der Waals surface area contributed by atoms with E-state index >= 15 is 0 Å². The fourth-order valence-electron chi connectivity index (χ4n) is 3.36. The van der Waals surface area contributed by atoms with Gasteiger partial charge in [0.15, 0.2) is 5.78 Å². The lowest BCUT2D eigenvalue weighted by atomic mass is 9.90. The summed E-state index contributed by atoms with van der Waals surface area (Å²) in [7, 11) is -3.36. The molecule has 5 heteroatoms. The van der Waals surface area contributed by atoms with Crippen LogP contribution in [0.15, 0.2) is 67.3 Å². The molecule has 0 amide bonds. The van der Waals surface area contributed by atoms with Crippen LogP contribution in [0.1, 0.15) is 23.2 Å². The van der Waals surface area contributed by atoms with Gasteiger partial charge in [-0.3, -0.25) is 4.79 Å². The lowest BCUT2D eigenvalue weighted by molar-refractivity contribution is 0.0872. The van der Waals surface area contributed by atoms with E-state index < -0.39 is 10.0 Å². The predicted molar refractivity (Wildman–Crippen MR) is 104 cm³/mol. The van der Waals surface area contributed by atoms with Crippen LogP contribution in [-0.2, 0) is 10.0 Å². The summed E-state index contributed by atoms with van der Waals surface area (Å²) in [5.41, 5.74) is 2.80. The molecule has 26 heavy (non-hydrogen) atoms. The Morgan fingerprint density at radius 1 is 1.08 bits per heavy atom. The molecule has 2 aromatic rings. The van der Waals surface area contributed by atoms with Gasteiger partial charge in [0.1, 0.15) is 0 Å². The van der Waals surface area contributed by atoms with Gasteiger partial charge in [-0.25, -0.2) is 12.7 Å². The Labute approximate surface area is 155 Å². The first-order valence-electron chi connectivity index (χ1n) is 8.79. The summed E-state index contributed by atoms with van der Waals surface area (Å²) in [6.45, 7) is 4.24. The van der Waals surface area contributed by atoms with Gasteiger partial charge >= 0.3 is 0 Å². The molecule has 2 aromatic carbocycles. The molecule has 3 rings (SSSR count). The Bertz CT molecular complexity index is 873. The van der Waals surface area contributed by atoms with Crippen LogP contribution in [0, 0.1) is 5.92 Å². The topological polar surface area (TPSA) is 54.5 Å². The van der Waals surface area contributed by atoms with Crippen LogP contribution >= 0.6 is 0 Å². The van der Waals surface area contributed by atoms with Crippen molar-refractivity contribution in [1.82, 2.24) is 4.31 Å². The summed E-state index contributed by atoms with van der Waals surface area (Å²) in [4.78, 5) is 12.8. The highest BCUT2D eigenvalue weighted by atomic mass is 32.2. The Hall–Kier alpha value is -2.24. The Morgan fingerprint density at radius 3 is 2.38 bits per heavy atom. The summed E-state index contributed by atoms with van der Waals surface area (Å²) < 4.78 is 25.9. The van der Waals surface area contributed by atoms with Gasteiger partial charge in [0.05, 0.1) is 5.75 Å². The van der Waals surface area contributed by atoms with E-state index in [9.17, 15) is 13.2 Å². The second-order valence-corrected chi connectivity index (χ2v) is 8.59. The molecule has 0 radical (unpaired) electrons. The Morgan fingerprint density at radius 2 is 1.73 bits per heavy atom. The van der Waals surface area contributed by atoms with Gasteiger partial charge in [0, 0.05) is 24.6 Å². The normalized spacial score (nSPS) is 18.4. The third-order valence-corrected chi connectivity index (χ3v) is 6.53. The minimum atomic E-state index is -3.36. The van der Waals surface area contributed by atoms with Gasteiger partial charge in [-0.05, 0) is 24.0 Å². The van der Waals surface area contributed by atoms with E-state index in [1.807, 2.05) is 54.6 Å². The van der Waals surface area contributed by atoms with Crippen molar-refractivity contribution in [1.29, 1.82) is 0 Å². The third kappa shape index (κ3) is 4.11. The van der Waals surface area contributed by atoms with Gasteiger partial charge in [-0.2, -0.15) is 0 Å². The molecule has 1 heterocycles. The number of hydrogen-bond donors (Lipinski definition) is 0. The smallest absolute Gasteiger partial charge is 0.217 e. The molecule has 0 aliphatic carbocycles. The first kappa shape index (κ1) is 18.5. The second kappa shape index (κ2) is 7.98. The first-order valence-corrected chi connectivity index (χ1v) is 10.4. The Kier molecular flexibility index (Phi) is 5.69. The molecule has 0 unspecified atom stereocenters. The quantitative estimate of drug-likeness (QED) is 0.575. The fraction of sp³-hybridized carbons (Fsp3) is 0.286. The molecule has 136 valence electrons. The second-order valence-electron chi connectivity index (χ2n) is 6.57. The molecule has 0 aromatic heterocycles. The number of nitrogens with zero attached hydrogens (tertiary/aromatic N) is 1. The van der Waals surface area contributed by atoms with Crippen molar-refractivity contribution in [3.8, 4) is 11.1 Å². The largest absolute Gasteiger partial charge is 0.294 e. The monoisotopic (exact) mass is 369 g/mol. The van der Waals surface area contributed by atoms with Crippen molar-refractivity contribution >= 4 is 15.8 Å². The summed E-state index contributed by atoms with van der Waals surface area (Å²) in [6.07, 6.45) is 2.82. The lowest BCUT2D eigenvalue weighted by Gasteiger charge is -2.31. The van der Waals surface area contributed by atoms with Crippen LogP contribution < -0.4 is 0 Å². The van der Waals surface area contributed by atoms with E-state index in [1.165, 1.54) is 10.4 Å². The zero-order valence-corrected chi connectivity index (χ0v) is 15.5. The van der Waals surface area contributed by atoms with E-state index in [2.05, 4.69) is 6.58 Å². The summed E-state index contributed by atoms with van der Waals surface area (Å²) in [5.74, 6) is -0.353. The van der Waals surface area contributed by atoms with Gasteiger partial charge < -0.3 is 0 Å². The number of Topliss-reactive ketones (excluding diaryl/α,β-unsaturated/α-hetero) is 1. The fourth-order valence-corrected chi connectivity index (χ4v) is 4.68. The molecule has 1 saturated heterocycles. The summed E-state index contributed by atoms with van der Waals surface area (Å²) >= 11 is 0. The van der Waals surface area contributed by atoms with E-state index in [1.54, 1.807) is 0 Å². The van der Waals surface area contributed by atoms with Crippen LogP contribution in [0.3, 0.4) is 0 Å². The zero-order valence-electron chi connectivity index (χ0n) is 14.7. The molecule has 0 saturated carbocycles. The zero-order chi connectivity index (χ0) is 18.6. The Balaban J connectivity index is 1.73. The molecular formula is C21H23NO3S. The number of sulfonamides is 1. The van der Waals surface area contributed by atoms with Crippen LogP contribution in [0.4, 0.5) is 0 Å². The molecule has 1 atom stereocenters. The van der Waals surface area contributed by atoms with Crippen LogP contribution in [0.5, 0.6) is 0 Å². The molecule has 1 aliphatic rings. The standard InChI is InChI=1S/C21H23NO3S/c1-2-15-26(24,25)22-14-6-9-20(16-22)21(23)19-12-10-18(11-13-19)17-7-4-3-5-8-17/h2-5,7-8,10-13,20H,1,6,9,14-16H2/t20-/m1/s1. The van der Waals surface area contributed by atoms with Crippen molar-refractivity contribution in [2.24, 2.45) is 5.92 Å². The van der Waals surface area contributed by atoms with E-state index in [4.69, 9.17) is 0 Å². The van der Waals surface area contributed by atoms with E-state index in [0.717, 1.165) is 17.5 Å². The third-order valence-electron chi connectivity index (χ3n) is 4.75. The van der Waals surface area contributed by atoms with Gasteiger partial charge in [-0.15, -0.1) is 6.58 Å². The molecule has 0 N–H and O–H groups in total. The molecule has 1 aliphatic heterocycles.